The Kier molecular flexibility index (Phi) is 5.17. The van der Waals surface area contributed by atoms with E-state index < -0.39 is 23.5 Å². The lowest BCUT2D eigenvalue weighted by Crippen LogP contribution is -2.42. The van der Waals surface area contributed by atoms with Crippen LogP contribution in [0, 0.1) is 13.8 Å². The highest BCUT2D eigenvalue weighted by molar-refractivity contribution is 5.88. The first-order chi connectivity index (χ1) is 13.3. The van der Waals surface area contributed by atoms with Gasteiger partial charge in [-0.15, -0.1) is 0 Å². The van der Waals surface area contributed by atoms with Crippen molar-refractivity contribution in [1.29, 1.82) is 0 Å². The number of nitrogens with one attached hydrogen (secondary N) is 1. The standard InChI is InChI=1S/C21H19NO6/c1-11-14-8-9-16(23)12(2)19(14)28-21(27)15(11)10-17(24)22-18(20(25)26)13-6-4-3-5-7-13/h3-9,18,23H,10H2,1-2H3,(H,22,24)(H,25,26)/p-1/t18-/m0/s1. The van der Waals surface area contributed by atoms with Crippen LogP contribution in [0.2, 0.25) is 0 Å². The van der Waals surface area contributed by atoms with Gasteiger partial charge in [-0.25, -0.2) is 4.79 Å². The van der Waals surface area contributed by atoms with Gasteiger partial charge >= 0.3 is 5.63 Å². The highest BCUT2D eigenvalue weighted by atomic mass is 16.4. The zero-order valence-electron chi connectivity index (χ0n) is 15.3. The largest absolute Gasteiger partial charge is 0.548 e. The Bertz CT molecular complexity index is 1120. The van der Waals surface area contributed by atoms with Gasteiger partial charge in [0.2, 0.25) is 5.91 Å². The zero-order chi connectivity index (χ0) is 20.4. The smallest absolute Gasteiger partial charge is 0.340 e. The van der Waals surface area contributed by atoms with E-state index in [0.717, 1.165) is 0 Å². The van der Waals surface area contributed by atoms with Crippen LogP contribution in [0.25, 0.3) is 11.0 Å². The molecule has 0 saturated heterocycles. The summed E-state index contributed by atoms with van der Waals surface area (Å²) in [5.41, 5.74) is 0.996. The van der Waals surface area contributed by atoms with Crippen LogP contribution in [0.4, 0.5) is 0 Å². The number of hydrogen-bond acceptors (Lipinski definition) is 6. The third-order valence-electron chi connectivity index (χ3n) is 4.69. The van der Waals surface area contributed by atoms with Crippen LogP contribution in [0.1, 0.15) is 28.3 Å². The number of carbonyl (C=O) groups excluding carboxylic acids is 2. The van der Waals surface area contributed by atoms with E-state index in [1.54, 1.807) is 50.2 Å². The number of carboxylic acid groups (broad SMARTS) is 1. The number of phenols is 1. The summed E-state index contributed by atoms with van der Waals surface area (Å²) in [6, 6.07) is 9.90. The second kappa shape index (κ2) is 7.56. The van der Waals surface area contributed by atoms with Crippen molar-refractivity contribution < 1.29 is 24.2 Å². The monoisotopic (exact) mass is 380 g/mol. The van der Waals surface area contributed by atoms with Crippen molar-refractivity contribution in [1.82, 2.24) is 5.32 Å². The van der Waals surface area contributed by atoms with Gasteiger partial charge in [-0.2, -0.15) is 0 Å². The number of aliphatic carboxylic acids is 1. The van der Waals surface area contributed by atoms with Crippen LogP contribution in [0.15, 0.2) is 51.7 Å². The second-order valence-corrected chi connectivity index (χ2v) is 6.49. The molecule has 0 fully saturated rings. The van der Waals surface area contributed by atoms with Crippen molar-refractivity contribution in [3.05, 3.63) is 75.1 Å². The molecule has 0 radical (unpaired) electrons. The summed E-state index contributed by atoms with van der Waals surface area (Å²) in [6.07, 6.45) is -0.347. The van der Waals surface area contributed by atoms with Crippen molar-refractivity contribution in [3.8, 4) is 5.75 Å². The van der Waals surface area contributed by atoms with E-state index in [2.05, 4.69) is 5.32 Å². The first kappa shape index (κ1) is 19.2. The number of carbonyl (C=O) groups is 2. The maximum atomic E-state index is 12.4. The van der Waals surface area contributed by atoms with E-state index in [1.807, 2.05) is 0 Å². The normalized spacial score (nSPS) is 11.9. The number of rotatable bonds is 5. The van der Waals surface area contributed by atoms with Crippen molar-refractivity contribution in [2.45, 2.75) is 26.3 Å². The SMILES string of the molecule is Cc1c(CC(=O)N[C@H](C(=O)[O-])c2ccccc2)c(=O)oc2c(C)c(O)ccc12. The van der Waals surface area contributed by atoms with Crippen molar-refractivity contribution in [3.63, 3.8) is 0 Å². The lowest BCUT2D eigenvalue weighted by atomic mass is 10.0. The predicted molar refractivity (Wildman–Crippen MR) is 99.7 cm³/mol. The molecular formula is C21H18NO6-. The van der Waals surface area contributed by atoms with E-state index >= 15 is 0 Å². The zero-order valence-corrected chi connectivity index (χ0v) is 15.3. The number of fused-ring (bicyclic) bond motifs is 1. The Morgan fingerprint density at radius 2 is 1.79 bits per heavy atom. The second-order valence-electron chi connectivity index (χ2n) is 6.49. The molecule has 2 aromatic carbocycles. The van der Waals surface area contributed by atoms with Gasteiger partial charge in [0.25, 0.3) is 0 Å². The van der Waals surface area contributed by atoms with Gasteiger partial charge in [0.05, 0.1) is 24.0 Å². The summed E-state index contributed by atoms with van der Waals surface area (Å²) in [5, 5.41) is 24.2. The minimum absolute atomic E-state index is 0.000189. The van der Waals surface area contributed by atoms with Crippen molar-refractivity contribution in [2.75, 3.05) is 0 Å². The molecule has 7 heteroatoms. The number of carboxylic acids is 1. The average Bonchev–Trinajstić information content (AvgIpc) is 2.67. The van der Waals surface area contributed by atoms with Crippen LogP contribution < -0.4 is 16.0 Å². The van der Waals surface area contributed by atoms with Crippen LogP contribution in [-0.2, 0) is 16.0 Å². The number of aromatic hydroxyl groups is 1. The van der Waals surface area contributed by atoms with Crippen LogP contribution in [-0.4, -0.2) is 17.0 Å². The molecule has 0 aliphatic carbocycles. The molecule has 3 rings (SSSR count). The molecule has 0 saturated carbocycles. The molecular weight excluding hydrogens is 362 g/mol. The van der Waals surface area contributed by atoms with Crippen LogP contribution in [0.5, 0.6) is 5.75 Å². The van der Waals surface area contributed by atoms with E-state index in [1.165, 1.54) is 6.07 Å². The average molecular weight is 380 g/mol. The summed E-state index contributed by atoms with van der Waals surface area (Å²) in [4.78, 5) is 36.3. The molecule has 28 heavy (non-hydrogen) atoms. The number of benzene rings is 2. The Hall–Kier alpha value is -3.61. The maximum Gasteiger partial charge on any atom is 0.340 e. The highest BCUT2D eigenvalue weighted by Gasteiger charge is 2.20. The summed E-state index contributed by atoms with van der Waals surface area (Å²) >= 11 is 0. The van der Waals surface area contributed by atoms with Gasteiger partial charge < -0.3 is 24.7 Å². The highest BCUT2D eigenvalue weighted by Crippen LogP contribution is 2.28. The van der Waals surface area contributed by atoms with E-state index in [-0.39, 0.29) is 23.3 Å². The summed E-state index contributed by atoms with van der Waals surface area (Å²) < 4.78 is 5.30. The Morgan fingerprint density at radius 3 is 2.43 bits per heavy atom. The van der Waals surface area contributed by atoms with Gasteiger partial charge in [0.15, 0.2) is 0 Å². The van der Waals surface area contributed by atoms with Gasteiger partial charge in [-0.05, 0) is 37.1 Å². The third-order valence-corrected chi connectivity index (χ3v) is 4.69. The predicted octanol–water partition coefficient (Wildman–Crippen LogP) is 1.27. The van der Waals surface area contributed by atoms with E-state index in [0.29, 0.717) is 22.1 Å². The quantitative estimate of drug-likeness (QED) is 0.643. The summed E-state index contributed by atoms with van der Waals surface area (Å²) in [5.74, 6) is -2.10. The molecule has 1 heterocycles. The van der Waals surface area contributed by atoms with Gasteiger partial charge in [0.1, 0.15) is 11.3 Å². The molecule has 0 spiro atoms. The third kappa shape index (κ3) is 3.59. The minimum atomic E-state index is -1.45. The fourth-order valence-corrected chi connectivity index (χ4v) is 3.08. The Labute approximate surface area is 160 Å². The first-order valence-corrected chi connectivity index (χ1v) is 8.59. The lowest BCUT2D eigenvalue weighted by molar-refractivity contribution is -0.308. The molecule has 2 N–H and O–H groups in total. The summed E-state index contributed by atoms with van der Waals surface area (Å²) in [6.45, 7) is 3.29. The first-order valence-electron chi connectivity index (χ1n) is 8.59. The molecule has 0 aliphatic heterocycles. The van der Waals surface area contributed by atoms with Crippen molar-refractivity contribution >= 4 is 22.8 Å². The minimum Gasteiger partial charge on any atom is -0.548 e. The van der Waals surface area contributed by atoms with Crippen molar-refractivity contribution in [2.24, 2.45) is 0 Å². The fourth-order valence-electron chi connectivity index (χ4n) is 3.08. The van der Waals surface area contributed by atoms with E-state index in [4.69, 9.17) is 4.42 Å². The van der Waals surface area contributed by atoms with Gasteiger partial charge in [-0.1, -0.05) is 30.3 Å². The molecule has 1 aromatic heterocycles. The molecule has 0 bridgehead atoms. The van der Waals surface area contributed by atoms with Crippen LogP contribution >= 0.6 is 0 Å². The number of hydrogen-bond donors (Lipinski definition) is 2. The topological polar surface area (TPSA) is 120 Å². The fraction of sp³-hybridized carbons (Fsp3) is 0.190. The molecule has 7 nitrogen and oxygen atoms in total. The maximum absolute atomic E-state index is 12.4. The Morgan fingerprint density at radius 1 is 1.11 bits per heavy atom. The molecule has 3 aromatic rings. The number of phenolic OH excluding ortho intramolecular Hbond substituents is 1. The summed E-state index contributed by atoms with van der Waals surface area (Å²) in [7, 11) is 0. The number of aryl methyl sites for hydroxylation is 2. The molecule has 1 amide bonds. The molecule has 0 aliphatic rings. The van der Waals surface area contributed by atoms with Gasteiger partial charge in [0, 0.05) is 10.9 Å². The molecule has 144 valence electrons. The molecule has 1 atom stereocenters. The molecule has 0 unspecified atom stereocenters. The van der Waals surface area contributed by atoms with E-state index in [9.17, 15) is 24.6 Å². The lowest BCUT2D eigenvalue weighted by Gasteiger charge is -2.20. The Balaban J connectivity index is 1.92. The van der Waals surface area contributed by atoms with Crippen LogP contribution in [0.3, 0.4) is 0 Å². The van der Waals surface area contributed by atoms with Gasteiger partial charge in [-0.3, -0.25) is 4.79 Å². The number of amides is 1.